The van der Waals surface area contributed by atoms with E-state index in [0.29, 0.717) is 0 Å². The Bertz CT molecular complexity index is 557. The van der Waals surface area contributed by atoms with Crippen LogP contribution in [0.3, 0.4) is 0 Å². The molecule has 9 heteroatoms. The zero-order valence-corrected chi connectivity index (χ0v) is 16.6. The van der Waals surface area contributed by atoms with E-state index in [1.807, 2.05) is 0 Å². The Morgan fingerprint density at radius 1 is 0.889 bits per heavy atom. The summed E-state index contributed by atoms with van der Waals surface area (Å²) in [5, 5.41) is 0. The summed E-state index contributed by atoms with van der Waals surface area (Å²) in [6, 6.07) is 0. The van der Waals surface area contributed by atoms with Crippen LogP contribution in [-0.4, -0.2) is 61.0 Å². The van der Waals surface area contributed by atoms with Crippen molar-refractivity contribution in [2.45, 2.75) is 78.7 Å². The SMILES string of the molecule is CC(=O)CC1C(OC(C)C)OC(COC(C)=O)C(OC(C)=O)C1OC(C)=O. The second kappa shape index (κ2) is 10.4. The van der Waals surface area contributed by atoms with Crippen LogP contribution >= 0.6 is 0 Å². The van der Waals surface area contributed by atoms with Crippen molar-refractivity contribution in [2.75, 3.05) is 6.61 Å². The van der Waals surface area contributed by atoms with E-state index in [9.17, 15) is 19.2 Å². The van der Waals surface area contributed by atoms with Gasteiger partial charge in [0.15, 0.2) is 12.4 Å². The van der Waals surface area contributed by atoms with Crippen molar-refractivity contribution < 1.29 is 42.9 Å². The van der Waals surface area contributed by atoms with Gasteiger partial charge in [-0.3, -0.25) is 14.4 Å². The molecule has 0 aromatic heterocycles. The first-order valence-electron chi connectivity index (χ1n) is 8.79. The Morgan fingerprint density at radius 2 is 1.44 bits per heavy atom. The summed E-state index contributed by atoms with van der Waals surface area (Å²) < 4.78 is 27.3. The molecule has 27 heavy (non-hydrogen) atoms. The van der Waals surface area contributed by atoms with Crippen molar-refractivity contribution in [3.05, 3.63) is 0 Å². The first-order chi connectivity index (χ1) is 12.5. The first kappa shape index (κ1) is 23.0. The van der Waals surface area contributed by atoms with Crippen LogP contribution in [0.15, 0.2) is 0 Å². The van der Waals surface area contributed by atoms with Gasteiger partial charge in [0, 0.05) is 27.2 Å². The van der Waals surface area contributed by atoms with E-state index < -0.39 is 48.4 Å². The maximum atomic E-state index is 11.8. The lowest BCUT2D eigenvalue weighted by Crippen LogP contribution is -2.59. The van der Waals surface area contributed by atoms with Gasteiger partial charge in [-0.25, -0.2) is 0 Å². The predicted octanol–water partition coefficient (Wildman–Crippen LogP) is 1.16. The highest BCUT2D eigenvalue weighted by Crippen LogP contribution is 2.34. The Balaban J connectivity index is 3.27. The van der Waals surface area contributed by atoms with E-state index in [-0.39, 0.29) is 24.9 Å². The third-order valence-electron chi connectivity index (χ3n) is 3.76. The standard InChI is InChI=1S/C18H28O9/c1-9(2)24-18-14(7-10(3)19)16(25-12(5)21)17(26-13(6)22)15(27-18)8-23-11(4)20/h9,14-18H,7-8H2,1-6H3. The van der Waals surface area contributed by atoms with E-state index in [1.165, 1.54) is 27.7 Å². The molecular formula is C18H28O9. The number of carbonyl (C=O) groups excluding carboxylic acids is 4. The maximum absolute atomic E-state index is 11.8. The smallest absolute Gasteiger partial charge is 0.303 e. The molecule has 1 aliphatic heterocycles. The quantitative estimate of drug-likeness (QED) is 0.446. The van der Waals surface area contributed by atoms with Gasteiger partial charge < -0.3 is 28.5 Å². The third-order valence-corrected chi connectivity index (χ3v) is 3.76. The van der Waals surface area contributed by atoms with Gasteiger partial charge in [-0.1, -0.05) is 0 Å². The van der Waals surface area contributed by atoms with Crippen molar-refractivity contribution in [2.24, 2.45) is 5.92 Å². The van der Waals surface area contributed by atoms with Gasteiger partial charge in [-0.05, 0) is 20.8 Å². The Morgan fingerprint density at radius 3 is 1.89 bits per heavy atom. The number of hydrogen-bond acceptors (Lipinski definition) is 9. The third kappa shape index (κ3) is 7.64. The molecule has 5 atom stereocenters. The molecule has 1 rings (SSSR count). The van der Waals surface area contributed by atoms with E-state index in [4.69, 9.17) is 23.7 Å². The van der Waals surface area contributed by atoms with Crippen LogP contribution in [0.5, 0.6) is 0 Å². The van der Waals surface area contributed by atoms with Crippen LogP contribution in [0.25, 0.3) is 0 Å². The fourth-order valence-corrected chi connectivity index (χ4v) is 2.92. The van der Waals surface area contributed by atoms with Crippen molar-refractivity contribution >= 4 is 23.7 Å². The zero-order chi connectivity index (χ0) is 20.7. The van der Waals surface area contributed by atoms with Gasteiger partial charge in [0.25, 0.3) is 0 Å². The summed E-state index contributed by atoms with van der Waals surface area (Å²) in [4.78, 5) is 46.2. The minimum absolute atomic E-state index is 0.00656. The minimum Gasteiger partial charge on any atom is -0.463 e. The number of hydrogen-bond donors (Lipinski definition) is 0. The highest BCUT2D eigenvalue weighted by molar-refractivity contribution is 5.76. The maximum Gasteiger partial charge on any atom is 0.303 e. The Labute approximate surface area is 158 Å². The fourth-order valence-electron chi connectivity index (χ4n) is 2.92. The second-order valence-electron chi connectivity index (χ2n) is 6.75. The zero-order valence-electron chi connectivity index (χ0n) is 16.6. The number of ketones is 1. The molecule has 0 amide bonds. The van der Waals surface area contributed by atoms with E-state index in [2.05, 4.69) is 0 Å². The molecule has 1 fully saturated rings. The monoisotopic (exact) mass is 388 g/mol. The topological polar surface area (TPSA) is 114 Å². The normalized spacial score (nSPS) is 27.7. The lowest BCUT2D eigenvalue weighted by atomic mass is 9.86. The van der Waals surface area contributed by atoms with Gasteiger partial charge in [-0.2, -0.15) is 0 Å². The van der Waals surface area contributed by atoms with Crippen molar-refractivity contribution in [3.8, 4) is 0 Å². The minimum atomic E-state index is -1.05. The molecule has 1 saturated heterocycles. The molecule has 0 aliphatic carbocycles. The average Bonchev–Trinajstić information content (AvgIpc) is 2.49. The molecule has 5 unspecified atom stereocenters. The van der Waals surface area contributed by atoms with Crippen LogP contribution in [-0.2, 0) is 42.9 Å². The van der Waals surface area contributed by atoms with Crippen molar-refractivity contribution in [1.29, 1.82) is 0 Å². The summed E-state index contributed by atoms with van der Waals surface area (Å²) in [7, 11) is 0. The predicted molar refractivity (Wildman–Crippen MR) is 91.4 cm³/mol. The molecule has 1 heterocycles. The molecule has 0 spiro atoms. The molecule has 0 bridgehead atoms. The van der Waals surface area contributed by atoms with Crippen LogP contribution in [0.4, 0.5) is 0 Å². The largest absolute Gasteiger partial charge is 0.463 e. The summed E-state index contributed by atoms with van der Waals surface area (Å²) in [6.45, 7) is 8.38. The Kier molecular flexibility index (Phi) is 8.84. The lowest BCUT2D eigenvalue weighted by molar-refractivity contribution is -0.298. The molecule has 0 N–H and O–H groups in total. The number of ether oxygens (including phenoxy) is 5. The van der Waals surface area contributed by atoms with E-state index >= 15 is 0 Å². The highest BCUT2D eigenvalue weighted by Gasteiger charge is 2.51. The van der Waals surface area contributed by atoms with Crippen LogP contribution < -0.4 is 0 Å². The molecule has 1 aliphatic rings. The molecule has 0 aromatic rings. The molecule has 0 aromatic carbocycles. The van der Waals surface area contributed by atoms with E-state index in [1.54, 1.807) is 13.8 Å². The van der Waals surface area contributed by atoms with Crippen LogP contribution in [0, 0.1) is 5.92 Å². The van der Waals surface area contributed by atoms with E-state index in [0.717, 1.165) is 0 Å². The molecule has 0 saturated carbocycles. The fraction of sp³-hybridized carbons (Fsp3) is 0.778. The highest BCUT2D eigenvalue weighted by atomic mass is 16.7. The Hall–Kier alpha value is -2.00. The van der Waals surface area contributed by atoms with Crippen molar-refractivity contribution in [3.63, 3.8) is 0 Å². The summed E-state index contributed by atoms with van der Waals surface area (Å²) >= 11 is 0. The number of carbonyl (C=O) groups is 4. The molecule has 9 nitrogen and oxygen atoms in total. The second-order valence-corrected chi connectivity index (χ2v) is 6.75. The number of esters is 3. The summed E-state index contributed by atoms with van der Waals surface area (Å²) in [6.07, 6.45) is -4.13. The van der Waals surface area contributed by atoms with Crippen molar-refractivity contribution in [1.82, 2.24) is 0 Å². The molecular weight excluding hydrogens is 360 g/mol. The summed E-state index contributed by atoms with van der Waals surface area (Å²) in [5.74, 6) is -2.64. The summed E-state index contributed by atoms with van der Waals surface area (Å²) in [5.41, 5.74) is 0. The first-order valence-corrected chi connectivity index (χ1v) is 8.79. The number of Topliss-reactive ketones (excluding diaryl/α,β-unsaturated/α-hetero) is 1. The molecule has 154 valence electrons. The lowest BCUT2D eigenvalue weighted by Gasteiger charge is -2.45. The van der Waals surface area contributed by atoms with Gasteiger partial charge in [0.2, 0.25) is 0 Å². The van der Waals surface area contributed by atoms with Crippen LogP contribution in [0.1, 0.15) is 48.0 Å². The molecule has 0 radical (unpaired) electrons. The number of rotatable bonds is 8. The van der Waals surface area contributed by atoms with Crippen LogP contribution in [0.2, 0.25) is 0 Å². The van der Waals surface area contributed by atoms with Gasteiger partial charge in [0.1, 0.15) is 24.6 Å². The van der Waals surface area contributed by atoms with Gasteiger partial charge >= 0.3 is 17.9 Å². The average molecular weight is 388 g/mol. The van der Waals surface area contributed by atoms with Gasteiger partial charge in [0.05, 0.1) is 12.0 Å². The van der Waals surface area contributed by atoms with Gasteiger partial charge in [-0.15, -0.1) is 0 Å².